The number of ether oxygens (including phenoxy) is 2. The van der Waals surface area contributed by atoms with Crippen LogP contribution in [0.4, 0.5) is 5.69 Å². The molecule has 2 atom stereocenters. The Bertz CT molecular complexity index is 1020. The number of carbonyl (C=O) groups excluding carboxylic acids is 3. The lowest BCUT2D eigenvalue weighted by molar-refractivity contribution is -0.157. The Morgan fingerprint density at radius 1 is 1.00 bits per heavy atom. The number of amides is 1. The number of nitrogens with one attached hydrogen (secondary N) is 1. The Balaban J connectivity index is 1.89. The number of nitrogens with zero attached hydrogens (tertiary/aromatic N) is 1. The Morgan fingerprint density at radius 3 is 2.38 bits per heavy atom. The fraction of sp³-hybridized carbons (Fsp3) is 0.483. The van der Waals surface area contributed by atoms with Crippen LogP contribution in [0.15, 0.2) is 54.6 Å². The van der Waals surface area contributed by atoms with Gasteiger partial charge in [0.2, 0.25) is 5.54 Å². The molecule has 1 heterocycles. The van der Waals surface area contributed by atoms with Gasteiger partial charge in [-0.1, -0.05) is 48.5 Å². The summed E-state index contributed by atoms with van der Waals surface area (Å²) in [5.74, 6) is -1.89. The molecule has 1 aliphatic rings. The highest BCUT2D eigenvalue weighted by Gasteiger charge is 2.53. The summed E-state index contributed by atoms with van der Waals surface area (Å²) in [7, 11) is 0. The monoisotopic (exact) mass is 509 g/mol. The number of unbranched alkanes of at least 4 members (excludes halogenated alkanes) is 1. The van der Waals surface area contributed by atoms with E-state index in [9.17, 15) is 14.4 Å². The Kier molecular flexibility index (Phi) is 10.5. The maximum absolute atomic E-state index is 14.2. The van der Waals surface area contributed by atoms with Crippen LogP contribution in [0.5, 0.6) is 0 Å². The molecule has 2 aromatic rings. The molecule has 1 unspecified atom stereocenters. The maximum Gasteiger partial charge on any atom is 0.342 e. The van der Waals surface area contributed by atoms with Crippen LogP contribution in [-0.2, 0) is 36.7 Å². The topological polar surface area (TPSA) is 111 Å². The van der Waals surface area contributed by atoms with Gasteiger partial charge in [0.05, 0.1) is 19.1 Å². The second kappa shape index (κ2) is 13.8. The van der Waals surface area contributed by atoms with Gasteiger partial charge in [-0.25, -0.2) is 4.79 Å². The molecule has 2 aromatic carbocycles. The highest BCUT2D eigenvalue weighted by Crippen LogP contribution is 2.35. The lowest BCUT2D eigenvalue weighted by atomic mass is 9.91. The van der Waals surface area contributed by atoms with E-state index in [4.69, 9.17) is 15.2 Å². The van der Waals surface area contributed by atoms with E-state index in [1.54, 1.807) is 18.7 Å². The Hall–Kier alpha value is -3.39. The van der Waals surface area contributed by atoms with Crippen molar-refractivity contribution in [1.82, 2.24) is 4.90 Å². The third-order valence-corrected chi connectivity index (χ3v) is 6.66. The van der Waals surface area contributed by atoms with Crippen molar-refractivity contribution in [3.05, 3.63) is 65.7 Å². The number of anilines is 1. The van der Waals surface area contributed by atoms with E-state index >= 15 is 0 Å². The number of fused-ring (bicyclic) bond motifs is 1. The number of para-hydroxylation sites is 1. The summed E-state index contributed by atoms with van der Waals surface area (Å²) in [5, 5.41) is 3.18. The minimum absolute atomic E-state index is 0.147. The van der Waals surface area contributed by atoms with Gasteiger partial charge in [-0.15, -0.1) is 0 Å². The quantitative estimate of drug-likeness (QED) is 0.228. The normalized spacial score (nSPS) is 16.8. The first-order chi connectivity index (χ1) is 17.9. The summed E-state index contributed by atoms with van der Waals surface area (Å²) in [5.41, 5.74) is 6.85. The summed E-state index contributed by atoms with van der Waals surface area (Å²) in [6.45, 7) is 4.91. The van der Waals surface area contributed by atoms with Crippen molar-refractivity contribution in [3.63, 3.8) is 0 Å². The molecule has 0 radical (unpaired) electrons. The summed E-state index contributed by atoms with van der Waals surface area (Å²) >= 11 is 0. The third-order valence-electron chi connectivity index (χ3n) is 6.66. The first kappa shape index (κ1) is 28.2. The van der Waals surface area contributed by atoms with Gasteiger partial charge in [-0.3, -0.25) is 9.59 Å². The highest BCUT2D eigenvalue weighted by molar-refractivity contribution is 6.12. The summed E-state index contributed by atoms with van der Waals surface area (Å²) < 4.78 is 10.8. The molecule has 0 aromatic heterocycles. The Labute approximate surface area is 219 Å². The molecule has 0 aliphatic carbocycles. The van der Waals surface area contributed by atoms with Gasteiger partial charge in [-0.2, -0.15) is 0 Å². The van der Waals surface area contributed by atoms with Gasteiger partial charge in [-0.05, 0) is 63.3 Å². The van der Waals surface area contributed by atoms with E-state index in [1.165, 1.54) is 0 Å². The van der Waals surface area contributed by atoms with E-state index in [1.807, 2.05) is 54.6 Å². The van der Waals surface area contributed by atoms with Crippen LogP contribution in [0.25, 0.3) is 0 Å². The van der Waals surface area contributed by atoms with E-state index in [2.05, 4.69) is 5.32 Å². The standard InChI is InChI=1S/C29H39N3O5/c1-3-36-26(33)24(17-16-22-12-6-5-7-13-22)21-32(19-11-10-18-30)27(34)29(28(35)37-4-2)20-23-14-8-9-15-25(23)31-29/h5-9,12-15,24,31H,3-4,10-11,16-21,30H2,1-2H3/t24-,29?/m0/s1. The van der Waals surface area contributed by atoms with Crippen LogP contribution in [0.3, 0.4) is 0 Å². The van der Waals surface area contributed by atoms with Crippen LogP contribution >= 0.6 is 0 Å². The van der Waals surface area contributed by atoms with Gasteiger partial charge in [0, 0.05) is 25.2 Å². The summed E-state index contributed by atoms with van der Waals surface area (Å²) in [6.07, 6.45) is 2.74. The largest absolute Gasteiger partial charge is 0.466 e. The molecule has 8 heteroatoms. The molecule has 0 spiro atoms. The van der Waals surface area contributed by atoms with Crippen LogP contribution in [0.1, 0.15) is 44.2 Å². The first-order valence-corrected chi connectivity index (χ1v) is 13.2. The minimum Gasteiger partial charge on any atom is -0.466 e. The predicted molar refractivity (Wildman–Crippen MR) is 143 cm³/mol. The zero-order valence-electron chi connectivity index (χ0n) is 21.9. The van der Waals surface area contributed by atoms with Crippen molar-refractivity contribution in [2.75, 3.05) is 38.2 Å². The fourth-order valence-electron chi connectivity index (χ4n) is 4.74. The predicted octanol–water partition coefficient (Wildman–Crippen LogP) is 3.34. The fourth-order valence-corrected chi connectivity index (χ4v) is 4.74. The number of hydrogen-bond donors (Lipinski definition) is 2. The maximum atomic E-state index is 14.2. The number of benzene rings is 2. The SMILES string of the molecule is CCOC(=O)[C@@H](CCc1ccccc1)CN(CCCCN)C(=O)C1(C(=O)OCC)Cc2ccccc2N1. The molecule has 37 heavy (non-hydrogen) atoms. The zero-order chi connectivity index (χ0) is 26.7. The molecule has 1 amide bonds. The van der Waals surface area contributed by atoms with Crippen molar-refractivity contribution < 1.29 is 23.9 Å². The third kappa shape index (κ3) is 7.10. The van der Waals surface area contributed by atoms with Crippen LogP contribution in [-0.4, -0.2) is 61.1 Å². The number of esters is 2. The van der Waals surface area contributed by atoms with Crippen molar-refractivity contribution in [1.29, 1.82) is 0 Å². The molecule has 3 N–H and O–H groups in total. The minimum atomic E-state index is -1.58. The van der Waals surface area contributed by atoms with Crippen molar-refractivity contribution in [2.24, 2.45) is 11.7 Å². The number of aryl methyl sites for hydroxylation is 1. The van der Waals surface area contributed by atoms with E-state index in [-0.39, 0.29) is 32.1 Å². The number of hydrogen-bond acceptors (Lipinski definition) is 7. The molecule has 200 valence electrons. The van der Waals surface area contributed by atoms with Gasteiger partial charge in [0.15, 0.2) is 0 Å². The molecular formula is C29H39N3O5. The number of carbonyl (C=O) groups is 3. The summed E-state index contributed by atoms with van der Waals surface area (Å²) in [6, 6.07) is 17.4. The molecular weight excluding hydrogens is 470 g/mol. The second-order valence-corrected chi connectivity index (χ2v) is 9.30. The van der Waals surface area contributed by atoms with E-state index < -0.39 is 23.3 Å². The Morgan fingerprint density at radius 2 is 1.70 bits per heavy atom. The molecule has 0 fully saturated rings. The average molecular weight is 510 g/mol. The van der Waals surface area contributed by atoms with Crippen molar-refractivity contribution in [2.45, 2.75) is 51.5 Å². The molecule has 3 rings (SSSR count). The van der Waals surface area contributed by atoms with Gasteiger partial charge < -0.3 is 25.4 Å². The molecule has 0 bridgehead atoms. The van der Waals surface area contributed by atoms with Crippen molar-refractivity contribution >= 4 is 23.5 Å². The van der Waals surface area contributed by atoms with E-state index in [0.717, 1.165) is 23.2 Å². The van der Waals surface area contributed by atoms with Crippen LogP contribution in [0.2, 0.25) is 0 Å². The second-order valence-electron chi connectivity index (χ2n) is 9.30. The van der Waals surface area contributed by atoms with E-state index in [0.29, 0.717) is 32.4 Å². The number of nitrogens with two attached hydrogens (primary N) is 1. The van der Waals surface area contributed by atoms with Gasteiger partial charge in [0.25, 0.3) is 5.91 Å². The number of rotatable bonds is 14. The molecule has 0 saturated carbocycles. The lowest BCUT2D eigenvalue weighted by Gasteiger charge is -2.35. The van der Waals surface area contributed by atoms with Crippen LogP contribution in [0, 0.1) is 5.92 Å². The summed E-state index contributed by atoms with van der Waals surface area (Å²) in [4.78, 5) is 42.1. The molecule has 0 saturated heterocycles. The first-order valence-electron chi connectivity index (χ1n) is 13.2. The van der Waals surface area contributed by atoms with Crippen molar-refractivity contribution in [3.8, 4) is 0 Å². The van der Waals surface area contributed by atoms with Gasteiger partial charge >= 0.3 is 11.9 Å². The highest BCUT2D eigenvalue weighted by atomic mass is 16.5. The lowest BCUT2D eigenvalue weighted by Crippen LogP contribution is -2.60. The van der Waals surface area contributed by atoms with Crippen LogP contribution < -0.4 is 11.1 Å². The average Bonchev–Trinajstić information content (AvgIpc) is 3.31. The van der Waals surface area contributed by atoms with Gasteiger partial charge in [0.1, 0.15) is 0 Å². The smallest absolute Gasteiger partial charge is 0.342 e. The molecule has 8 nitrogen and oxygen atoms in total. The molecule has 1 aliphatic heterocycles. The zero-order valence-corrected chi connectivity index (χ0v) is 21.9.